The molecule has 0 atom stereocenters. The molecule has 3 rings (SSSR count). The molecule has 0 amide bonds. The first-order valence-corrected chi connectivity index (χ1v) is 5.95. The summed E-state index contributed by atoms with van der Waals surface area (Å²) in [6.07, 6.45) is 1.42. The summed E-state index contributed by atoms with van der Waals surface area (Å²) in [4.78, 5) is 12.5. The van der Waals surface area contributed by atoms with Gasteiger partial charge < -0.3 is 4.42 Å². The summed E-state index contributed by atoms with van der Waals surface area (Å²) in [5.41, 5.74) is 2.20. The van der Waals surface area contributed by atoms with Crippen LogP contribution in [-0.4, -0.2) is 0 Å². The van der Waals surface area contributed by atoms with Gasteiger partial charge in [-0.05, 0) is 24.1 Å². The van der Waals surface area contributed by atoms with E-state index < -0.39 is 0 Å². The van der Waals surface area contributed by atoms with Gasteiger partial charge in [0.2, 0.25) is 5.43 Å². The zero-order valence-electron chi connectivity index (χ0n) is 10.3. The van der Waals surface area contributed by atoms with Crippen LogP contribution in [0.5, 0.6) is 5.75 Å². The van der Waals surface area contributed by atoms with Gasteiger partial charge in [0.1, 0.15) is 11.8 Å². The molecule has 2 aromatic carbocycles. The van der Waals surface area contributed by atoms with Crippen molar-refractivity contribution in [2.24, 2.45) is 0 Å². The normalized spacial score (nSPS) is 10.8. The van der Waals surface area contributed by atoms with Gasteiger partial charge in [-0.1, -0.05) is 30.3 Å². The highest BCUT2D eigenvalue weighted by Crippen LogP contribution is 2.25. The lowest BCUT2D eigenvalue weighted by Crippen LogP contribution is -2.06. The van der Waals surface area contributed by atoms with E-state index in [1.54, 1.807) is 6.92 Å². The highest BCUT2D eigenvalue weighted by Gasteiger charge is 2.12. The second kappa shape index (κ2) is 4.28. The Morgan fingerprint density at radius 1 is 1.05 bits per heavy atom. The SMILES string of the molecule is Cc1cc([O])cc2occ(-c3ccccc3)c(=O)c12. The number of hydrogen-bond acceptors (Lipinski definition) is 2. The highest BCUT2D eigenvalue weighted by molar-refractivity contribution is 5.85. The molecule has 1 aromatic heterocycles. The third-order valence-electron chi connectivity index (χ3n) is 3.13. The molecular weight excluding hydrogens is 240 g/mol. The van der Waals surface area contributed by atoms with Crippen molar-refractivity contribution in [3.8, 4) is 16.9 Å². The third kappa shape index (κ3) is 1.89. The third-order valence-corrected chi connectivity index (χ3v) is 3.13. The van der Waals surface area contributed by atoms with Crippen LogP contribution < -0.4 is 5.43 Å². The van der Waals surface area contributed by atoms with Gasteiger partial charge in [0.15, 0.2) is 5.75 Å². The molecule has 93 valence electrons. The van der Waals surface area contributed by atoms with E-state index in [2.05, 4.69) is 0 Å². The van der Waals surface area contributed by atoms with E-state index in [0.717, 1.165) is 5.56 Å². The van der Waals surface area contributed by atoms with Crippen LogP contribution >= 0.6 is 0 Å². The molecule has 0 spiro atoms. The minimum absolute atomic E-state index is 0.107. The van der Waals surface area contributed by atoms with Crippen molar-refractivity contribution < 1.29 is 9.52 Å². The van der Waals surface area contributed by atoms with Gasteiger partial charge in [0.05, 0.1) is 10.9 Å². The van der Waals surface area contributed by atoms with Gasteiger partial charge in [-0.3, -0.25) is 9.90 Å². The van der Waals surface area contributed by atoms with Gasteiger partial charge in [-0.25, -0.2) is 0 Å². The van der Waals surface area contributed by atoms with Crippen LogP contribution in [0.3, 0.4) is 0 Å². The Balaban J connectivity index is 2.37. The number of fused-ring (bicyclic) bond motifs is 1. The lowest BCUT2D eigenvalue weighted by atomic mass is 10.0. The number of benzene rings is 2. The Morgan fingerprint density at radius 2 is 1.79 bits per heavy atom. The van der Waals surface area contributed by atoms with Crippen LogP contribution in [-0.2, 0) is 5.11 Å². The summed E-state index contributed by atoms with van der Waals surface area (Å²) >= 11 is 0. The summed E-state index contributed by atoms with van der Waals surface area (Å²) < 4.78 is 5.44. The van der Waals surface area contributed by atoms with E-state index >= 15 is 0 Å². The second-order valence-electron chi connectivity index (χ2n) is 4.46. The molecular formula is C16H11O3. The van der Waals surface area contributed by atoms with Crippen LogP contribution in [0.1, 0.15) is 5.56 Å². The fourth-order valence-electron chi connectivity index (χ4n) is 2.23. The molecule has 3 heteroatoms. The molecule has 1 heterocycles. The molecule has 0 saturated heterocycles. The van der Waals surface area contributed by atoms with Crippen molar-refractivity contribution in [1.82, 2.24) is 0 Å². The van der Waals surface area contributed by atoms with Gasteiger partial charge in [-0.2, -0.15) is 0 Å². The molecule has 0 bridgehead atoms. The van der Waals surface area contributed by atoms with Crippen molar-refractivity contribution in [2.75, 3.05) is 0 Å². The van der Waals surface area contributed by atoms with Crippen LogP contribution in [0.4, 0.5) is 0 Å². The zero-order valence-corrected chi connectivity index (χ0v) is 10.3. The Kier molecular flexibility index (Phi) is 2.60. The van der Waals surface area contributed by atoms with E-state index in [4.69, 9.17) is 4.42 Å². The molecule has 3 aromatic rings. The molecule has 0 fully saturated rings. The quantitative estimate of drug-likeness (QED) is 0.658. The van der Waals surface area contributed by atoms with Gasteiger partial charge >= 0.3 is 0 Å². The van der Waals surface area contributed by atoms with Crippen molar-refractivity contribution in [3.05, 3.63) is 64.5 Å². The lowest BCUT2D eigenvalue weighted by molar-refractivity contribution is 0.354. The first-order chi connectivity index (χ1) is 9.16. The van der Waals surface area contributed by atoms with Crippen LogP contribution in [0.15, 0.2) is 57.9 Å². The molecule has 0 N–H and O–H groups in total. The molecule has 0 unspecified atom stereocenters. The minimum Gasteiger partial charge on any atom is -0.463 e. The number of rotatable bonds is 1. The Labute approximate surface area is 109 Å². The van der Waals surface area contributed by atoms with E-state index in [0.29, 0.717) is 22.1 Å². The number of hydrogen-bond donors (Lipinski definition) is 0. The van der Waals surface area contributed by atoms with Crippen LogP contribution in [0.2, 0.25) is 0 Å². The predicted molar refractivity (Wildman–Crippen MR) is 72.8 cm³/mol. The lowest BCUT2D eigenvalue weighted by Gasteiger charge is -2.04. The molecule has 3 nitrogen and oxygen atoms in total. The summed E-state index contributed by atoms with van der Waals surface area (Å²) in [5.74, 6) is -0.152. The Hall–Kier alpha value is -2.55. The maximum absolute atomic E-state index is 12.5. The summed E-state index contributed by atoms with van der Waals surface area (Å²) in [7, 11) is 0. The van der Waals surface area contributed by atoms with E-state index in [1.165, 1.54) is 18.4 Å². The average Bonchev–Trinajstić information content (AvgIpc) is 2.39. The monoisotopic (exact) mass is 251 g/mol. The molecule has 0 saturated carbocycles. The minimum atomic E-state index is -0.152. The van der Waals surface area contributed by atoms with Crippen molar-refractivity contribution in [1.29, 1.82) is 0 Å². The smallest absolute Gasteiger partial charge is 0.200 e. The van der Waals surface area contributed by atoms with Gasteiger partial charge in [-0.15, -0.1) is 0 Å². The first-order valence-electron chi connectivity index (χ1n) is 5.95. The topological polar surface area (TPSA) is 50.1 Å². The van der Waals surface area contributed by atoms with Crippen LogP contribution in [0, 0.1) is 6.92 Å². The maximum Gasteiger partial charge on any atom is 0.200 e. The van der Waals surface area contributed by atoms with Gasteiger partial charge in [0, 0.05) is 6.07 Å². The van der Waals surface area contributed by atoms with Gasteiger partial charge in [0.25, 0.3) is 0 Å². The standard InChI is InChI=1S/C16H11O3/c1-10-7-12(17)8-14-15(10)16(18)13(9-19-14)11-5-3-2-4-6-11/h2-9H,1H3. The van der Waals surface area contributed by atoms with E-state index in [9.17, 15) is 9.90 Å². The molecule has 0 aliphatic heterocycles. The fraction of sp³-hybridized carbons (Fsp3) is 0.0625. The van der Waals surface area contributed by atoms with E-state index in [1.807, 2.05) is 30.3 Å². The molecule has 0 aliphatic carbocycles. The number of aryl methyl sites for hydroxylation is 1. The second-order valence-corrected chi connectivity index (χ2v) is 4.46. The highest BCUT2D eigenvalue weighted by atomic mass is 16.3. The Bertz CT molecular complexity index is 801. The largest absolute Gasteiger partial charge is 0.463 e. The summed E-state index contributed by atoms with van der Waals surface area (Å²) in [6.45, 7) is 1.75. The Morgan fingerprint density at radius 3 is 2.53 bits per heavy atom. The zero-order chi connectivity index (χ0) is 13.4. The maximum atomic E-state index is 12.5. The summed E-state index contributed by atoms with van der Waals surface area (Å²) in [6, 6.07) is 12.1. The van der Waals surface area contributed by atoms with Crippen molar-refractivity contribution in [2.45, 2.75) is 6.92 Å². The van der Waals surface area contributed by atoms with Crippen molar-refractivity contribution in [3.63, 3.8) is 0 Å². The van der Waals surface area contributed by atoms with E-state index in [-0.39, 0.29) is 11.2 Å². The van der Waals surface area contributed by atoms with Crippen molar-refractivity contribution >= 4 is 11.0 Å². The molecule has 19 heavy (non-hydrogen) atoms. The summed E-state index contributed by atoms with van der Waals surface area (Å²) in [5, 5.41) is 11.9. The fourth-order valence-corrected chi connectivity index (χ4v) is 2.23. The molecule has 1 radical (unpaired) electrons. The predicted octanol–water partition coefficient (Wildman–Crippen LogP) is 3.91. The van der Waals surface area contributed by atoms with Crippen LogP contribution in [0.25, 0.3) is 22.1 Å². The first kappa shape index (κ1) is 11.5. The molecule has 0 aliphatic rings. The average molecular weight is 251 g/mol.